The molecule has 1 unspecified atom stereocenters. The molecule has 2 heterocycles. The van der Waals surface area contributed by atoms with E-state index < -0.39 is 0 Å². The SMILES string of the molecule is CNC(C)c1nnc(-c2ccc(C#N)cn2)s1. The predicted molar refractivity (Wildman–Crippen MR) is 65.3 cm³/mol. The Balaban J connectivity index is 2.28. The second-order valence-electron chi connectivity index (χ2n) is 3.50. The highest BCUT2D eigenvalue weighted by Gasteiger charge is 2.11. The number of hydrogen-bond donors (Lipinski definition) is 1. The smallest absolute Gasteiger partial charge is 0.166 e. The molecular formula is C11H11N5S. The van der Waals surface area contributed by atoms with Crippen molar-refractivity contribution in [2.24, 2.45) is 0 Å². The van der Waals surface area contributed by atoms with Gasteiger partial charge in [0.05, 0.1) is 11.6 Å². The minimum Gasteiger partial charge on any atom is -0.311 e. The van der Waals surface area contributed by atoms with Crippen LogP contribution < -0.4 is 5.32 Å². The van der Waals surface area contributed by atoms with Crippen LogP contribution in [0, 0.1) is 11.3 Å². The first-order valence-corrected chi connectivity index (χ1v) is 5.93. The maximum Gasteiger partial charge on any atom is 0.166 e. The van der Waals surface area contributed by atoms with Crippen molar-refractivity contribution in [3.8, 4) is 16.8 Å². The summed E-state index contributed by atoms with van der Waals surface area (Å²) in [7, 11) is 1.88. The van der Waals surface area contributed by atoms with E-state index in [1.54, 1.807) is 12.1 Å². The molecule has 0 saturated carbocycles. The third kappa shape index (κ3) is 2.46. The van der Waals surface area contributed by atoms with E-state index in [0.29, 0.717) is 5.56 Å². The summed E-state index contributed by atoms with van der Waals surface area (Å²) in [5.41, 5.74) is 1.29. The van der Waals surface area contributed by atoms with Crippen molar-refractivity contribution in [3.05, 3.63) is 28.9 Å². The third-order valence-corrected chi connectivity index (χ3v) is 3.48. The highest BCUT2D eigenvalue weighted by atomic mass is 32.1. The van der Waals surface area contributed by atoms with E-state index in [1.165, 1.54) is 17.5 Å². The summed E-state index contributed by atoms with van der Waals surface area (Å²) < 4.78 is 0. The number of pyridine rings is 1. The van der Waals surface area contributed by atoms with E-state index in [2.05, 4.69) is 20.5 Å². The van der Waals surface area contributed by atoms with Gasteiger partial charge in [0.2, 0.25) is 0 Å². The van der Waals surface area contributed by atoms with Crippen molar-refractivity contribution >= 4 is 11.3 Å². The van der Waals surface area contributed by atoms with Crippen LogP contribution in [0.2, 0.25) is 0 Å². The molecule has 0 bridgehead atoms. The van der Waals surface area contributed by atoms with Crippen molar-refractivity contribution < 1.29 is 0 Å². The second-order valence-corrected chi connectivity index (χ2v) is 4.51. The molecule has 0 spiro atoms. The topological polar surface area (TPSA) is 74.5 Å². The molecule has 0 saturated heterocycles. The maximum absolute atomic E-state index is 8.68. The second kappa shape index (κ2) is 4.99. The van der Waals surface area contributed by atoms with Gasteiger partial charge in [-0.05, 0) is 26.1 Å². The van der Waals surface area contributed by atoms with Crippen molar-refractivity contribution in [1.29, 1.82) is 5.26 Å². The molecule has 0 aliphatic heterocycles. The minimum absolute atomic E-state index is 0.180. The average molecular weight is 245 g/mol. The van der Waals surface area contributed by atoms with E-state index >= 15 is 0 Å². The van der Waals surface area contributed by atoms with Gasteiger partial charge in [0, 0.05) is 6.20 Å². The molecular weight excluding hydrogens is 234 g/mol. The summed E-state index contributed by atoms with van der Waals surface area (Å²) in [6.07, 6.45) is 1.54. The first-order chi connectivity index (χ1) is 8.24. The normalized spacial score (nSPS) is 12.1. The van der Waals surface area contributed by atoms with E-state index in [9.17, 15) is 0 Å². The summed E-state index contributed by atoms with van der Waals surface area (Å²) in [5.74, 6) is 0. The van der Waals surface area contributed by atoms with Gasteiger partial charge in [-0.3, -0.25) is 4.98 Å². The molecule has 2 aromatic rings. The van der Waals surface area contributed by atoms with Crippen LogP contribution in [0.25, 0.3) is 10.7 Å². The molecule has 0 radical (unpaired) electrons. The molecule has 1 atom stereocenters. The lowest BCUT2D eigenvalue weighted by Crippen LogP contribution is -2.11. The van der Waals surface area contributed by atoms with Crippen LogP contribution in [0.1, 0.15) is 23.5 Å². The molecule has 2 aromatic heterocycles. The zero-order valence-electron chi connectivity index (χ0n) is 9.51. The van der Waals surface area contributed by atoms with E-state index in [4.69, 9.17) is 5.26 Å². The number of nitrogens with one attached hydrogen (secondary N) is 1. The first kappa shape index (κ1) is 11.6. The Kier molecular flexibility index (Phi) is 3.42. The lowest BCUT2D eigenvalue weighted by Gasteiger charge is -2.02. The summed E-state index contributed by atoms with van der Waals surface area (Å²) in [6, 6.07) is 5.72. The largest absolute Gasteiger partial charge is 0.311 e. The van der Waals surface area contributed by atoms with Crippen LogP contribution in [0.15, 0.2) is 18.3 Å². The van der Waals surface area contributed by atoms with Crippen molar-refractivity contribution in [2.75, 3.05) is 7.05 Å². The Labute approximate surface area is 103 Å². The van der Waals surface area contributed by atoms with Crippen LogP contribution in [0.4, 0.5) is 0 Å². The predicted octanol–water partition coefficient (Wildman–Crippen LogP) is 1.75. The van der Waals surface area contributed by atoms with E-state index in [-0.39, 0.29) is 6.04 Å². The van der Waals surface area contributed by atoms with Gasteiger partial charge in [-0.2, -0.15) is 5.26 Å². The van der Waals surface area contributed by atoms with Gasteiger partial charge in [0.1, 0.15) is 16.8 Å². The van der Waals surface area contributed by atoms with Crippen molar-refractivity contribution in [3.63, 3.8) is 0 Å². The van der Waals surface area contributed by atoms with Gasteiger partial charge in [-0.15, -0.1) is 10.2 Å². The Morgan fingerprint density at radius 2 is 2.24 bits per heavy atom. The highest BCUT2D eigenvalue weighted by molar-refractivity contribution is 7.14. The number of nitriles is 1. The van der Waals surface area contributed by atoms with Crippen molar-refractivity contribution in [1.82, 2.24) is 20.5 Å². The molecule has 6 heteroatoms. The van der Waals surface area contributed by atoms with Gasteiger partial charge >= 0.3 is 0 Å². The zero-order chi connectivity index (χ0) is 12.3. The van der Waals surface area contributed by atoms with Crippen LogP contribution in [-0.4, -0.2) is 22.2 Å². The summed E-state index contributed by atoms with van der Waals surface area (Å²) in [6.45, 7) is 2.02. The standard InChI is InChI=1S/C11H11N5S/c1-7(13-2)10-15-16-11(17-10)9-4-3-8(5-12)6-14-9/h3-4,6-7,13H,1-2H3. The Bertz CT molecular complexity index is 540. The van der Waals surface area contributed by atoms with Crippen LogP contribution >= 0.6 is 11.3 Å². The number of hydrogen-bond acceptors (Lipinski definition) is 6. The highest BCUT2D eigenvalue weighted by Crippen LogP contribution is 2.24. The molecule has 0 fully saturated rings. The lowest BCUT2D eigenvalue weighted by atomic mass is 10.3. The quantitative estimate of drug-likeness (QED) is 0.891. The van der Waals surface area contributed by atoms with Gasteiger partial charge < -0.3 is 5.32 Å². The number of aromatic nitrogens is 3. The summed E-state index contributed by atoms with van der Waals surface area (Å²) in [5, 5.41) is 21.7. The molecule has 17 heavy (non-hydrogen) atoms. The monoisotopic (exact) mass is 245 g/mol. The van der Waals surface area contributed by atoms with Crippen LogP contribution in [0.5, 0.6) is 0 Å². The molecule has 0 aromatic carbocycles. The fraction of sp³-hybridized carbons (Fsp3) is 0.273. The molecule has 5 nitrogen and oxygen atoms in total. The molecule has 1 N–H and O–H groups in total. The Morgan fingerprint density at radius 3 is 2.82 bits per heavy atom. The first-order valence-electron chi connectivity index (χ1n) is 5.11. The molecule has 2 rings (SSSR count). The Hall–Kier alpha value is -1.84. The van der Waals surface area contributed by atoms with Gasteiger partial charge in [0.25, 0.3) is 0 Å². The number of nitrogens with zero attached hydrogens (tertiary/aromatic N) is 4. The van der Waals surface area contributed by atoms with Crippen LogP contribution in [-0.2, 0) is 0 Å². The fourth-order valence-electron chi connectivity index (χ4n) is 1.22. The van der Waals surface area contributed by atoms with E-state index in [1.807, 2.05) is 20.0 Å². The van der Waals surface area contributed by atoms with Crippen LogP contribution in [0.3, 0.4) is 0 Å². The lowest BCUT2D eigenvalue weighted by molar-refractivity contribution is 0.640. The van der Waals surface area contributed by atoms with Gasteiger partial charge in [-0.1, -0.05) is 11.3 Å². The molecule has 0 amide bonds. The molecule has 86 valence electrons. The van der Waals surface area contributed by atoms with Gasteiger partial charge in [0.15, 0.2) is 5.01 Å². The molecule has 0 aliphatic carbocycles. The summed E-state index contributed by atoms with van der Waals surface area (Å²) in [4.78, 5) is 4.18. The summed E-state index contributed by atoms with van der Waals surface area (Å²) >= 11 is 1.50. The zero-order valence-corrected chi connectivity index (χ0v) is 10.3. The average Bonchev–Trinajstić information content (AvgIpc) is 2.87. The van der Waals surface area contributed by atoms with Gasteiger partial charge in [-0.25, -0.2) is 0 Å². The fourth-order valence-corrected chi connectivity index (χ4v) is 2.10. The minimum atomic E-state index is 0.180. The molecule has 0 aliphatic rings. The third-order valence-electron chi connectivity index (χ3n) is 2.36. The van der Waals surface area contributed by atoms with E-state index in [0.717, 1.165) is 15.7 Å². The van der Waals surface area contributed by atoms with Crippen molar-refractivity contribution in [2.45, 2.75) is 13.0 Å². The maximum atomic E-state index is 8.68. The Morgan fingerprint density at radius 1 is 1.41 bits per heavy atom. The number of rotatable bonds is 3.